The van der Waals surface area contributed by atoms with Crippen LogP contribution >= 0.6 is 24.0 Å². The minimum Gasteiger partial charge on any atom is -0.466 e. The average molecular weight is 397 g/mol. The molecule has 5 nitrogen and oxygen atoms in total. The summed E-state index contributed by atoms with van der Waals surface area (Å²) in [6.07, 6.45) is 2.96. The van der Waals surface area contributed by atoms with E-state index in [0.717, 1.165) is 44.9 Å². The Morgan fingerprint density at radius 1 is 1.40 bits per heavy atom. The van der Waals surface area contributed by atoms with Gasteiger partial charge in [-0.05, 0) is 33.1 Å². The molecule has 0 aromatic heterocycles. The van der Waals surface area contributed by atoms with E-state index in [1.165, 1.54) is 0 Å². The second-order valence-corrected chi connectivity index (χ2v) is 4.77. The van der Waals surface area contributed by atoms with Gasteiger partial charge in [0.25, 0.3) is 0 Å². The molecule has 1 atom stereocenters. The van der Waals surface area contributed by atoms with E-state index in [-0.39, 0.29) is 35.9 Å². The number of halogens is 1. The molecule has 1 N–H and O–H groups in total. The number of aliphatic imine (C=N–C) groups is 1. The number of rotatable bonds is 5. The van der Waals surface area contributed by atoms with Crippen LogP contribution in [0.15, 0.2) is 4.99 Å². The first kappa shape index (κ1) is 19.5. The van der Waals surface area contributed by atoms with Crippen molar-refractivity contribution < 1.29 is 9.53 Å². The lowest BCUT2D eigenvalue weighted by molar-refractivity contribution is -0.149. The van der Waals surface area contributed by atoms with E-state index < -0.39 is 0 Å². The molecular weight excluding hydrogens is 369 g/mol. The molecule has 0 aromatic carbocycles. The Morgan fingerprint density at radius 3 is 2.75 bits per heavy atom. The number of carbonyl (C=O) groups excluding carboxylic acids is 1. The van der Waals surface area contributed by atoms with Gasteiger partial charge < -0.3 is 15.0 Å². The molecule has 0 amide bonds. The van der Waals surface area contributed by atoms with Crippen molar-refractivity contribution in [2.45, 2.75) is 40.0 Å². The quantitative estimate of drug-likeness (QED) is 0.335. The average Bonchev–Trinajstić information content (AvgIpc) is 2.44. The first-order chi connectivity index (χ1) is 9.22. The van der Waals surface area contributed by atoms with E-state index in [1.807, 2.05) is 6.92 Å². The number of guanidine groups is 1. The first-order valence-corrected chi connectivity index (χ1v) is 7.42. The maximum Gasteiger partial charge on any atom is 0.310 e. The molecule has 0 aliphatic carbocycles. The van der Waals surface area contributed by atoms with Crippen molar-refractivity contribution in [1.29, 1.82) is 0 Å². The van der Waals surface area contributed by atoms with Gasteiger partial charge in [0.05, 0.1) is 12.5 Å². The molecule has 118 valence electrons. The number of hydrogen-bond donors (Lipinski definition) is 1. The van der Waals surface area contributed by atoms with Gasteiger partial charge in [0.15, 0.2) is 5.96 Å². The van der Waals surface area contributed by atoms with E-state index in [4.69, 9.17) is 4.74 Å². The lowest BCUT2D eigenvalue weighted by atomic mass is 9.98. The van der Waals surface area contributed by atoms with Crippen molar-refractivity contribution >= 4 is 35.9 Å². The largest absolute Gasteiger partial charge is 0.466 e. The van der Waals surface area contributed by atoms with E-state index in [2.05, 4.69) is 29.1 Å². The molecule has 0 spiro atoms. The normalized spacial score (nSPS) is 19.2. The maximum absolute atomic E-state index is 11.8. The summed E-state index contributed by atoms with van der Waals surface area (Å²) in [5.74, 6) is 0.844. The summed E-state index contributed by atoms with van der Waals surface area (Å²) >= 11 is 0. The number of carbonyl (C=O) groups is 1. The van der Waals surface area contributed by atoms with Crippen LogP contribution in [0.3, 0.4) is 0 Å². The van der Waals surface area contributed by atoms with Crippen LogP contribution in [0.1, 0.15) is 40.0 Å². The number of piperidine rings is 1. The highest BCUT2D eigenvalue weighted by atomic mass is 127. The lowest BCUT2D eigenvalue weighted by Gasteiger charge is -2.34. The molecule has 1 aliphatic rings. The van der Waals surface area contributed by atoms with Gasteiger partial charge in [-0.15, -0.1) is 24.0 Å². The third kappa shape index (κ3) is 6.28. The highest BCUT2D eigenvalue weighted by Crippen LogP contribution is 2.18. The van der Waals surface area contributed by atoms with Gasteiger partial charge in [-0.1, -0.05) is 6.92 Å². The molecule has 0 radical (unpaired) electrons. The predicted molar refractivity (Wildman–Crippen MR) is 92.6 cm³/mol. The van der Waals surface area contributed by atoms with Crippen molar-refractivity contribution in [1.82, 2.24) is 10.2 Å². The van der Waals surface area contributed by atoms with E-state index >= 15 is 0 Å². The Labute approximate surface area is 139 Å². The van der Waals surface area contributed by atoms with Gasteiger partial charge in [-0.25, -0.2) is 0 Å². The molecule has 20 heavy (non-hydrogen) atoms. The zero-order valence-corrected chi connectivity index (χ0v) is 15.2. The molecule has 1 heterocycles. The third-order valence-electron chi connectivity index (χ3n) is 3.16. The van der Waals surface area contributed by atoms with Crippen LogP contribution in [-0.2, 0) is 9.53 Å². The van der Waals surface area contributed by atoms with Crippen molar-refractivity contribution in [2.75, 3.05) is 32.8 Å². The summed E-state index contributed by atoms with van der Waals surface area (Å²) in [7, 11) is 0. The SMILES string of the molecule is CCCN=C(NCC)N1CCCC(C(=O)OCC)C1.I. The predicted octanol–water partition coefficient (Wildman–Crippen LogP) is 2.26. The third-order valence-corrected chi connectivity index (χ3v) is 3.16. The van der Waals surface area contributed by atoms with Crippen molar-refractivity contribution in [3.05, 3.63) is 0 Å². The second-order valence-electron chi connectivity index (χ2n) is 4.77. The maximum atomic E-state index is 11.8. The minimum absolute atomic E-state index is 0. The van der Waals surface area contributed by atoms with Gasteiger partial charge in [-0.3, -0.25) is 9.79 Å². The number of esters is 1. The van der Waals surface area contributed by atoms with Gasteiger partial charge in [0.2, 0.25) is 0 Å². The minimum atomic E-state index is -0.0708. The standard InChI is InChI=1S/C14H27N3O2.HI/c1-4-9-16-14(15-5-2)17-10-7-8-12(11-17)13(18)19-6-3;/h12H,4-11H2,1-3H3,(H,15,16);1H. The molecule has 1 rings (SSSR count). The monoisotopic (exact) mass is 397 g/mol. The van der Waals surface area contributed by atoms with Crippen LogP contribution < -0.4 is 5.32 Å². The fraction of sp³-hybridized carbons (Fsp3) is 0.857. The van der Waals surface area contributed by atoms with Gasteiger partial charge in [-0.2, -0.15) is 0 Å². The highest BCUT2D eigenvalue weighted by molar-refractivity contribution is 14.0. The molecule has 1 aliphatic heterocycles. The Balaban J connectivity index is 0.00000361. The number of likely N-dealkylation sites (tertiary alicyclic amines) is 1. The second kappa shape index (κ2) is 11.2. The van der Waals surface area contributed by atoms with Crippen molar-refractivity contribution in [3.63, 3.8) is 0 Å². The van der Waals surface area contributed by atoms with Gasteiger partial charge >= 0.3 is 5.97 Å². The summed E-state index contributed by atoms with van der Waals surface area (Å²) in [5, 5.41) is 3.30. The zero-order valence-electron chi connectivity index (χ0n) is 12.9. The topological polar surface area (TPSA) is 53.9 Å². The molecule has 0 saturated carbocycles. The molecule has 1 fully saturated rings. The number of hydrogen-bond acceptors (Lipinski definition) is 3. The van der Waals surface area contributed by atoms with Crippen molar-refractivity contribution in [3.8, 4) is 0 Å². The fourth-order valence-electron chi connectivity index (χ4n) is 2.27. The van der Waals surface area contributed by atoms with Crippen LogP contribution in [0.25, 0.3) is 0 Å². The highest BCUT2D eigenvalue weighted by Gasteiger charge is 2.28. The molecule has 0 bridgehead atoms. The number of nitrogens with zero attached hydrogens (tertiary/aromatic N) is 2. The van der Waals surface area contributed by atoms with E-state index in [1.54, 1.807) is 0 Å². The van der Waals surface area contributed by atoms with Crippen molar-refractivity contribution in [2.24, 2.45) is 10.9 Å². The van der Waals surface area contributed by atoms with Crippen LogP contribution in [0, 0.1) is 5.92 Å². The van der Waals surface area contributed by atoms with Crippen LogP contribution in [-0.4, -0.2) is 49.6 Å². The van der Waals surface area contributed by atoms with Gasteiger partial charge in [0.1, 0.15) is 0 Å². The summed E-state index contributed by atoms with van der Waals surface area (Å²) in [6.45, 7) is 9.84. The molecule has 0 aromatic rings. The van der Waals surface area contributed by atoms with Gasteiger partial charge in [0, 0.05) is 26.2 Å². The van der Waals surface area contributed by atoms with Crippen LogP contribution in [0.4, 0.5) is 0 Å². The molecule has 1 unspecified atom stereocenters. The summed E-state index contributed by atoms with van der Waals surface area (Å²) in [6, 6.07) is 0. The van der Waals surface area contributed by atoms with Crippen LogP contribution in [0.2, 0.25) is 0 Å². The molecular formula is C14H28IN3O2. The van der Waals surface area contributed by atoms with E-state index in [9.17, 15) is 4.79 Å². The summed E-state index contributed by atoms with van der Waals surface area (Å²) in [4.78, 5) is 18.6. The Morgan fingerprint density at radius 2 is 2.15 bits per heavy atom. The number of ether oxygens (including phenoxy) is 1. The summed E-state index contributed by atoms with van der Waals surface area (Å²) in [5.41, 5.74) is 0. The molecule has 6 heteroatoms. The van der Waals surface area contributed by atoms with Crippen LogP contribution in [0.5, 0.6) is 0 Å². The lowest BCUT2D eigenvalue weighted by Crippen LogP contribution is -2.48. The Kier molecular flexibility index (Phi) is 10.9. The van der Waals surface area contributed by atoms with E-state index in [0.29, 0.717) is 13.2 Å². The number of nitrogens with one attached hydrogen (secondary N) is 1. The molecule has 1 saturated heterocycles. The first-order valence-electron chi connectivity index (χ1n) is 7.42. The fourth-order valence-corrected chi connectivity index (χ4v) is 2.27. The zero-order chi connectivity index (χ0) is 14.1. The Bertz CT molecular complexity index is 311. The smallest absolute Gasteiger partial charge is 0.310 e. The Hall–Kier alpha value is -0.530. The summed E-state index contributed by atoms with van der Waals surface area (Å²) < 4.78 is 5.12.